The fourth-order valence-corrected chi connectivity index (χ4v) is 4.21. The molecule has 0 radical (unpaired) electrons. The van der Waals surface area contributed by atoms with Crippen molar-refractivity contribution in [2.75, 3.05) is 19.8 Å². The van der Waals surface area contributed by atoms with Crippen molar-refractivity contribution in [3.05, 3.63) is 62.9 Å². The van der Waals surface area contributed by atoms with Crippen LogP contribution in [-0.4, -0.2) is 34.4 Å². The summed E-state index contributed by atoms with van der Waals surface area (Å²) in [6.07, 6.45) is 3.94. The third-order valence-electron chi connectivity index (χ3n) is 4.93. The summed E-state index contributed by atoms with van der Waals surface area (Å²) >= 11 is 1.31. The Hall–Kier alpha value is -3.39. The van der Waals surface area contributed by atoms with E-state index < -0.39 is 0 Å². The van der Waals surface area contributed by atoms with Gasteiger partial charge in [0, 0.05) is 5.56 Å². The van der Waals surface area contributed by atoms with Gasteiger partial charge in [0.05, 0.1) is 24.4 Å². The number of rotatable bonds is 10. The highest BCUT2D eigenvalue weighted by atomic mass is 32.1. The predicted molar refractivity (Wildman–Crippen MR) is 131 cm³/mol. The zero-order chi connectivity index (χ0) is 23.2. The summed E-state index contributed by atoms with van der Waals surface area (Å²) in [4.78, 5) is 18.0. The molecule has 0 aliphatic carbocycles. The maximum absolute atomic E-state index is 12.9. The van der Waals surface area contributed by atoms with E-state index in [1.54, 1.807) is 0 Å². The third-order valence-corrected chi connectivity index (χ3v) is 5.89. The average Bonchev–Trinajstić information content (AvgIpc) is 3.36. The third kappa shape index (κ3) is 5.17. The second-order valence-corrected chi connectivity index (χ2v) is 8.35. The molecule has 0 unspecified atom stereocenters. The van der Waals surface area contributed by atoms with Crippen LogP contribution in [0.2, 0.25) is 0 Å². The van der Waals surface area contributed by atoms with Crippen LogP contribution in [0.4, 0.5) is 0 Å². The Morgan fingerprint density at radius 2 is 1.73 bits per heavy atom. The van der Waals surface area contributed by atoms with Crippen molar-refractivity contribution in [2.24, 2.45) is 0 Å². The van der Waals surface area contributed by atoms with Gasteiger partial charge in [-0.1, -0.05) is 30.7 Å². The molecule has 0 amide bonds. The Morgan fingerprint density at radius 3 is 2.42 bits per heavy atom. The van der Waals surface area contributed by atoms with Gasteiger partial charge in [-0.25, -0.2) is 0 Å². The SMILES string of the molecule is CCCCOc1ccc(-c2nc3sc(=Cc4ccc(OCC)c(OCC)c4)c(=O)n3n2)cc1. The molecule has 2 aromatic heterocycles. The molecule has 0 saturated carbocycles. The van der Waals surface area contributed by atoms with Gasteiger partial charge >= 0.3 is 0 Å². The van der Waals surface area contributed by atoms with E-state index in [2.05, 4.69) is 17.0 Å². The maximum Gasteiger partial charge on any atom is 0.291 e. The summed E-state index contributed by atoms with van der Waals surface area (Å²) in [5.41, 5.74) is 1.49. The van der Waals surface area contributed by atoms with Crippen LogP contribution in [0.15, 0.2) is 47.3 Å². The topological polar surface area (TPSA) is 75.0 Å². The predicted octanol–water partition coefficient (Wildman–Crippen LogP) is 4.34. The second kappa shape index (κ2) is 10.5. The molecular formula is C25H27N3O4S. The van der Waals surface area contributed by atoms with Crippen LogP contribution in [0.25, 0.3) is 22.4 Å². The highest BCUT2D eigenvalue weighted by molar-refractivity contribution is 7.15. The minimum atomic E-state index is -0.194. The van der Waals surface area contributed by atoms with Crippen molar-refractivity contribution in [1.29, 1.82) is 0 Å². The van der Waals surface area contributed by atoms with Gasteiger partial charge in [-0.05, 0) is 68.3 Å². The number of fused-ring (bicyclic) bond motifs is 1. The molecule has 4 rings (SSSR count). The quantitative estimate of drug-likeness (QED) is 0.324. The number of ether oxygens (including phenoxy) is 3. The van der Waals surface area contributed by atoms with Crippen molar-refractivity contribution >= 4 is 22.4 Å². The largest absolute Gasteiger partial charge is 0.494 e. The lowest BCUT2D eigenvalue weighted by Gasteiger charge is -2.11. The van der Waals surface area contributed by atoms with E-state index in [0.29, 0.717) is 46.6 Å². The van der Waals surface area contributed by atoms with E-state index >= 15 is 0 Å². The lowest BCUT2D eigenvalue weighted by atomic mass is 10.2. The second-order valence-electron chi connectivity index (χ2n) is 7.34. The van der Waals surface area contributed by atoms with Crippen molar-refractivity contribution in [1.82, 2.24) is 14.6 Å². The smallest absolute Gasteiger partial charge is 0.291 e. The Morgan fingerprint density at radius 1 is 0.970 bits per heavy atom. The monoisotopic (exact) mass is 465 g/mol. The molecule has 0 fully saturated rings. The van der Waals surface area contributed by atoms with Gasteiger partial charge in [-0.15, -0.1) is 5.10 Å². The Kier molecular flexibility index (Phi) is 7.24. The molecule has 2 aromatic carbocycles. The first-order chi connectivity index (χ1) is 16.1. The molecule has 0 bridgehead atoms. The standard InChI is InChI=1S/C25H27N3O4S/c1-4-7-14-32-19-11-9-18(10-12-19)23-26-25-28(27-23)24(29)22(33-25)16-17-8-13-20(30-5-2)21(15-17)31-6-3/h8-13,15-16H,4-7,14H2,1-3H3. The van der Waals surface area contributed by atoms with Crippen LogP contribution in [0.3, 0.4) is 0 Å². The fraction of sp³-hybridized carbons (Fsp3) is 0.320. The molecule has 33 heavy (non-hydrogen) atoms. The minimum absolute atomic E-state index is 0.194. The summed E-state index contributed by atoms with van der Waals surface area (Å²) in [7, 11) is 0. The van der Waals surface area contributed by atoms with Gasteiger partial charge < -0.3 is 14.2 Å². The van der Waals surface area contributed by atoms with E-state index in [1.165, 1.54) is 15.9 Å². The zero-order valence-electron chi connectivity index (χ0n) is 19.0. The first-order valence-corrected chi connectivity index (χ1v) is 12.0. The van der Waals surface area contributed by atoms with E-state index in [-0.39, 0.29) is 5.56 Å². The molecule has 0 aliphatic heterocycles. The number of nitrogens with zero attached hydrogens (tertiary/aromatic N) is 3. The van der Waals surface area contributed by atoms with Gasteiger partial charge in [0.1, 0.15) is 5.75 Å². The molecule has 8 heteroatoms. The van der Waals surface area contributed by atoms with Crippen LogP contribution in [0.1, 0.15) is 39.2 Å². The first-order valence-electron chi connectivity index (χ1n) is 11.2. The van der Waals surface area contributed by atoms with Crippen LogP contribution in [0, 0.1) is 0 Å². The molecule has 0 atom stereocenters. The molecular weight excluding hydrogens is 438 g/mol. The summed E-state index contributed by atoms with van der Waals surface area (Å²) < 4.78 is 18.9. The van der Waals surface area contributed by atoms with Crippen LogP contribution >= 0.6 is 11.3 Å². The number of hydrogen-bond donors (Lipinski definition) is 0. The van der Waals surface area contributed by atoms with Crippen LogP contribution < -0.4 is 24.3 Å². The molecule has 0 aliphatic rings. The molecule has 0 saturated heterocycles. The van der Waals surface area contributed by atoms with Gasteiger partial charge in [0.25, 0.3) is 5.56 Å². The van der Waals surface area contributed by atoms with Crippen molar-refractivity contribution < 1.29 is 14.2 Å². The normalized spacial score (nSPS) is 11.8. The van der Waals surface area contributed by atoms with Crippen LogP contribution in [0.5, 0.6) is 17.2 Å². The van der Waals surface area contributed by atoms with Gasteiger partial charge in [0.15, 0.2) is 17.3 Å². The average molecular weight is 466 g/mol. The number of benzene rings is 2. The summed E-state index contributed by atoms with van der Waals surface area (Å²) in [6.45, 7) is 7.77. The highest BCUT2D eigenvalue weighted by Gasteiger charge is 2.13. The van der Waals surface area contributed by atoms with E-state index in [4.69, 9.17) is 14.2 Å². The zero-order valence-corrected chi connectivity index (χ0v) is 19.9. The van der Waals surface area contributed by atoms with Gasteiger partial charge in [-0.3, -0.25) is 4.79 Å². The maximum atomic E-state index is 12.9. The number of aromatic nitrogens is 3. The van der Waals surface area contributed by atoms with E-state index in [9.17, 15) is 4.79 Å². The molecule has 4 aromatic rings. The summed E-state index contributed by atoms with van der Waals surface area (Å²) in [5, 5.41) is 4.43. The van der Waals surface area contributed by atoms with Crippen LogP contribution in [-0.2, 0) is 0 Å². The van der Waals surface area contributed by atoms with Crippen molar-refractivity contribution in [3.8, 4) is 28.6 Å². The fourth-order valence-electron chi connectivity index (χ4n) is 3.30. The molecule has 0 spiro atoms. The summed E-state index contributed by atoms with van der Waals surface area (Å²) in [5.74, 6) is 2.68. The van der Waals surface area contributed by atoms with Crippen molar-refractivity contribution in [2.45, 2.75) is 33.6 Å². The van der Waals surface area contributed by atoms with Gasteiger partial charge in [-0.2, -0.15) is 9.50 Å². The lowest BCUT2D eigenvalue weighted by Crippen LogP contribution is -2.23. The lowest BCUT2D eigenvalue weighted by molar-refractivity contribution is 0.287. The first kappa shape index (κ1) is 22.8. The van der Waals surface area contributed by atoms with Gasteiger partial charge in [0.2, 0.25) is 4.96 Å². The van der Waals surface area contributed by atoms with E-state index in [1.807, 2.05) is 62.4 Å². The van der Waals surface area contributed by atoms with E-state index in [0.717, 1.165) is 29.7 Å². The number of unbranched alkanes of at least 4 members (excludes halogenated alkanes) is 1. The highest BCUT2D eigenvalue weighted by Crippen LogP contribution is 2.29. The molecule has 172 valence electrons. The molecule has 0 N–H and O–H groups in total. The number of hydrogen-bond acceptors (Lipinski definition) is 7. The number of thiazole rings is 1. The Bertz CT molecular complexity index is 1330. The molecule has 7 nitrogen and oxygen atoms in total. The Labute approximate surface area is 196 Å². The van der Waals surface area contributed by atoms with Crippen molar-refractivity contribution in [3.63, 3.8) is 0 Å². The Balaban J connectivity index is 1.60. The summed E-state index contributed by atoms with van der Waals surface area (Å²) in [6, 6.07) is 13.3. The minimum Gasteiger partial charge on any atom is -0.494 e. The molecule has 2 heterocycles.